The molecular formula is C19H19N5. The molecule has 4 heterocycles. The molecule has 5 nitrogen and oxygen atoms in total. The molecular weight excluding hydrogens is 298 g/mol. The molecule has 0 bridgehead atoms. The molecule has 0 unspecified atom stereocenters. The molecule has 120 valence electrons. The lowest BCUT2D eigenvalue weighted by molar-refractivity contribution is 0.326. The van der Waals surface area contributed by atoms with E-state index < -0.39 is 0 Å². The summed E-state index contributed by atoms with van der Waals surface area (Å²) in [5.41, 5.74) is 4.67. The Labute approximate surface area is 141 Å². The van der Waals surface area contributed by atoms with Crippen LogP contribution < -0.4 is 0 Å². The van der Waals surface area contributed by atoms with Gasteiger partial charge in [-0.2, -0.15) is 0 Å². The van der Waals surface area contributed by atoms with Gasteiger partial charge in [-0.05, 0) is 48.7 Å². The van der Waals surface area contributed by atoms with E-state index >= 15 is 0 Å². The Balaban J connectivity index is 1.47. The molecule has 3 aromatic heterocycles. The summed E-state index contributed by atoms with van der Waals surface area (Å²) >= 11 is 0. The Morgan fingerprint density at radius 3 is 2.67 bits per heavy atom. The van der Waals surface area contributed by atoms with Gasteiger partial charge in [0, 0.05) is 55.2 Å². The van der Waals surface area contributed by atoms with Crippen molar-refractivity contribution < 1.29 is 0 Å². The summed E-state index contributed by atoms with van der Waals surface area (Å²) in [6.07, 6.45) is 12.1. The third kappa shape index (κ3) is 3.31. The van der Waals surface area contributed by atoms with Crippen LogP contribution in [-0.4, -0.2) is 37.9 Å². The van der Waals surface area contributed by atoms with Crippen LogP contribution >= 0.6 is 0 Å². The molecule has 5 heteroatoms. The minimum atomic E-state index is 0.554. The third-order valence-electron chi connectivity index (χ3n) is 4.52. The van der Waals surface area contributed by atoms with Crippen LogP contribution in [0, 0.1) is 0 Å². The number of pyridine rings is 2. The second-order valence-corrected chi connectivity index (χ2v) is 6.18. The van der Waals surface area contributed by atoms with Crippen molar-refractivity contribution in [1.29, 1.82) is 0 Å². The van der Waals surface area contributed by atoms with E-state index in [9.17, 15) is 0 Å². The number of likely N-dealkylation sites (tertiary alicyclic amines) is 1. The molecule has 0 radical (unpaired) electrons. The van der Waals surface area contributed by atoms with Gasteiger partial charge in [-0.25, -0.2) is 9.97 Å². The van der Waals surface area contributed by atoms with Crippen LogP contribution in [0.15, 0.2) is 61.6 Å². The average molecular weight is 317 g/mol. The number of nitrogens with zero attached hydrogens (tertiary/aromatic N) is 5. The maximum Gasteiger partial charge on any atom is 0.115 e. The second kappa shape index (κ2) is 6.84. The first-order chi connectivity index (χ1) is 11.9. The molecule has 3 aromatic rings. The van der Waals surface area contributed by atoms with Gasteiger partial charge in [0.15, 0.2) is 0 Å². The van der Waals surface area contributed by atoms with Crippen LogP contribution in [-0.2, 0) is 6.54 Å². The van der Waals surface area contributed by atoms with Crippen LogP contribution in [0.2, 0.25) is 0 Å². The summed E-state index contributed by atoms with van der Waals surface area (Å²) in [5, 5.41) is 0. The summed E-state index contributed by atoms with van der Waals surface area (Å²) in [7, 11) is 0. The highest BCUT2D eigenvalue weighted by Crippen LogP contribution is 2.29. The summed E-state index contributed by atoms with van der Waals surface area (Å²) in [5.74, 6) is 0.554. The average Bonchev–Trinajstić information content (AvgIpc) is 3.12. The normalized spacial score (nSPS) is 17.9. The van der Waals surface area contributed by atoms with Crippen molar-refractivity contribution >= 4 is 0 Å². The van der Waals surface area contributed by atoms with Crippen molar-refractivity contribution in [2.45, 2.75) is 18.9 Å². The minimum absolute atomic E-state index is 0.554. The first-order valence-corrected chi connectivity index (χ1v) is 8.21. The Bertz CT molecular complexity index is 791. The smallest absolute Gasteiger partial charge is 0.115 e. The highest BCUT2D eigenvalue weighted by Gasteiger charge is 2.24. The summed E-state index contributed by atoms with van der Waals surface area (Å²) < 4.78 is 0. The first kappa shape index (κ1) is 14.9. The lowest BCUT2D eigenvalue weighted by Gasteiger charge is -2.16. The highest BCUT2D eigenvalue weighted by atomic mass is 15.1. The van der Waals surface area contributed by atoms with Crippen molar-refractivity contribution in [3.63, 3.8) is 0 Å². The van der Waals surface area contributed by atoms with Gasteiger partial charge in [0.25, 0.3) is 0 Å². The summed E-state index contributed by atoms with van der Waals surface area (Å²) in [4.78, 5) is 19.2. The Morgan fingerprint density at radius 1 is 1.00 bits per heavy atom. The van der Waals surface area contributed by atoms with Crippen LogP contribution in [0.3, 0.4) is 0 Å². The fraction of sp³-hybridized carbons (Fsp3) is 0.263. The van der Waals surface area contributed by atoms with E-state index in [1.807, 2.05) is 43.1 Å². The summed E-state index contributed by atoms with van der Waals surface area (Å²) in [6.45, 7) is 3.08. The number of aromatic nitrogens is 4. The van der Waals surface area contributed by atoms with Gasteiger partial charge in [0.05, 0.1) is 5.69 Å². The maximum atomic E-state index is 4.51. The number of hydrogen-bond acceptors (Lipinski definition) is 5. The molecule has 1 saturated heterocycles. The Hall–Kier alpha value is -2.66. The molecule has 0 aromatic carbocycles. The predicted molar refractivity (Wildman–Crippen MR) is 92.1 cm³/mol. The van der Waals surface area contributed by atoms with Crippen LogP contribution in [0.5, 0.6) is 0 Å². The monoisotopic (exact) mass is 317 g/mol. The van der Waals surface area contributed by atoms with Crippen molar-refractivity contribution in [1.82, 2.24) is 24.8 Å². The van der Waals surface area contributed by atoms with E-state index in [0.29, 0.717) is 5.92 Å². The number of hydrogen-bond donors (Lipinski definition) is 0. The van der Waals surface area contributed by atoms with Crippen LogP contribution in [0.1, 0.15) is 23.5 Å². The fourth-order valence-electron chi connectivity index (χ4n) is 3.30. The molecule has 24 heavy (non-hydrogen) atoms. The first-order valence-electron chi connectivity index (χ1n) is 8.21. The molecule has 0 spiro atoms. The van der Waals surface area contributed by atoms with E-state index in [1.165, 1.54) is 17.5 Å². The zero-order valence-corrected chi connectivity index (χ0v) is 13.4. The lowest BCUT2D eigenvalue weighted by atomic mass is 9.97. The minimum Gasteiger partial charge on any atom is -0.298 e. The number of rotatable bonds is 4. The molecule has 1 aliphatic heterocycles. The van der Waals surface area contributed by atoms with Crippen LogP contribution in [0.4, 0.5) is 0 Å². The zero-order valence-electron chi connectivity index (χ0n) is 13.4. The second-order valence-electron chi connectivity index (χ2n) is 6.18. The van der Waals surface area contributed by atoms with Gasteiger partial charge in [-0.1, -0.05) is 0 Å². The van der Waals surface area contributed by atoms with E-state index in [4.69, 9.17) is 0 Å². The van der Waals surface area contributed by atoms with Crippen LogP contribution in [0.25, 0.3) is 11.3 Å². The maximum absolute atomic E-state index is 4.51. The van der Waals surface area contributed by atoms with Gasteiger partial charge in [0.2, 0.25) is 0 Å². The van der Waals surface area contributed by atoms with E-state index in [1.54, 1.807) is 6.33 Å². The fourth-order valence-corrected chi connectivity index (χ4v) is 3.30. The van der Waals surface area contributed by atoms with Crippen molar-refractivity contribution in [3.8, 4) is 11.3 Å². The van der Waals surface area contributed by atoms with Gasteiger partial charge in [-0.3, -0.25) is 14.9 Å². The molecule has 0 aliphatic carbocycles. The molecule has 1 fully saturated rings. The van der Waals surface area contributed by atoms with Crippen molar-refractivity contribution in [2.24, 2.45) is 0 Å². The van der Waals surface area contributed by atoms with E-state index in [2.05, 4.69) is 37.0 Å². The third-order valence-corrected chi connectivity index (χ3v) is 4.52. The SMILES string of the molecule is c1cc(-c2cc([C@H]3CCN(Cc4cncnc4)C3)ccn2)ccn1. The van der Waals surface area contributed by atoms with Gasteiger partial charge >= 0.3 is 0 Å². The molecule has 0 N–H and O–H groups in total. The van der Waals surface area contributed by atoms with Gasteiger partial charge in [-0.15, -0.1) is 0 Å². The largest absolute Gasteiger partial charge is 0.298 e. The van der Waals surface area contributed by atoms with Crippen molar-refractivity contribution in [3.05, 3.63) is 72.7 Å². The molecule has 1 aliphatic rings. The van der Waals surface area contributed by atoms with Gasteiger partial charge < -0.3 is 0 Å². The highest BCUT2D eigenvalue weighted by molar-refractivity contribution is 5.59. The molecule has 1 atom stereocenters. The summed E-state index contributed by atoms with van der Waals surface area (Å²) in [6, 6.07) is 8.37. The lowest BCUT2D eigenvalue weighted by Crippen LogP contribution is -2.20. The zero-order chi connectivity index (χ0) is 16.2. The topological polar surface area (TPSA) is 54.8 Å². The Kier molecular flexibility index (Phi) is 4.25. The molecule has 0 amide bonds. The molecule has 4 rings (SSSR count). The van der Waals surface area contributed by atoms with E-state index in [-0.39, 0.29) is 0 Å². The van der Waals surface area contributed by atoms with Gasteiger partial charge in [0.1, 0.15) is 6.33 Å². The predicted octanol–water partition coefficient (Wildman–Crippen LogP) is 2.92. The quantitative estimate of drug-likeness (QED) is 0.740. The Morgan fingerprint density at radius 2 is 1.83 bits per heavy atom. The molecule has 0 saturated carbocycles. The standard InChI is InChI=1S/C19H19N5/c1-5-20-6-2-16(1)19-9-17(3-7-23-19)18-4-8-24(13-18)12-15-10-21-14-22-11-15/h1-3,5-7,9-11,14,18H,4,8,12-13H2/t18-/m0/s1. The van der Waals surface area contributed by atoms with Crippen molar-refractivity contribution in [2.75, 3.05) is 13.1 Å². The van der Waals surface area contributed by atoms with E-state index in [0.717, 1.165) is 30.9 Å².